The summed E-state index contributed by atoms with van der Waals surface area (Å²) in [6.07, 6.45) is 3.04. The third-order valence-corrected chi connectivity index (χ3v) is 2.96. The van der Waals surface area contributed by atoms with E-state index in [1.54, 1.807) is 0 Å². The van der Waals surface area contributed by atoms with Crippen molar-refractivity contribution >= 4 is 11.7 Å². The number of aromatic nitrogens is 1. The van der Waals surface area contributed by atoms with Crippen LogP contribution in [0.5, 0.6) is 0 Å². The molecule has 0 spiro atoms. The van der Waals surface area contributed by atoms with Gasteiger partial charge in [-0.3, -0.25) is 4.79 Å². The van der Waals surface area contributed by atoms with Gasteiger partial charge in [0.05, 0.1) is 12.1 Å². The summed E-state index contributed by atoms with van der Waals surface area (Å²) >= 11 is 0. The zero-order valence-electron chi connectivity index (χ0n) is 10.4. The Hall–Kier alpha value is -2.09. The van der Waals surface area contributed by atoms with Crippen LogP contribution in [0.15, 0.2) is 6.07 Å². The maximum atomic E-state index is 11.4. The lowest BCUT2D eigenvalue weighted by Crippen LogP contribution is -2.29. The van der Waals surface area contributed by atoms with Crippen molar-refractivity contribution < 1.29 is 4.79 Å². The van der Waals surface area contributed by atoms with Gasteiger partial charge in [0.2, 0.25) is 5.91 Å². The summed E-state index contributed by atoms with van der Waals surface area (Å²) in [7, 11) is 0. The summed E-state index contributed by atoms with van der Waals surface area (Å²) in [6, 6.07) is 4.01. The quantitative estimate of drug-likeness (QED) is 0.828. The Morgan fingerprint density at radius 2 is 2.39 bits per heavy atom. The van der Waals surface area contributed by atoms with Crippen LogP contribution in [0.2, 0.25) is 0 Å². The second-order valence-corrected chi connectivity index (χ2v) is 4.26. The van der Waals surface area contributed by atoms with Crippen molar-refractivity contribution in [2.24, 2.45) is 0 Å². The van der Waals surface area contributed by atoms with Crippen LogP contribution in [0, 0.1) is 11.3 Å². The lowest BCUT2D eigenvalue weighted by molar-refractivity contribution is -0.119. The number of fused-ring (bicyclic) bond motifs is 1. The fraction of sp³-hybridized carbons (Fsp3) is 0.462. The minimum absolute atomic E-state index is 0.0938. The summed E-state index contributed by atoms with van der Waals surface area (Å²) in [4.78, 5) is 15.8. The van der Waals surface area contributed by atoms with Crippen molar-refractivity contribution in [1.29, 1.82) is 5.26 Å². The summed E-state index contributed by atoms with van der Waals surface area (Å²) < 4.78 is 0. The first kappa shape index (κ1) is 12.4. The fourth-order valence-electron chi connectivity index (χ4n) is 2.12. The zero-order chi connectivity index (χ0) is 13.0. The highest BCUT2D eigenvalue weighted by Gasteiger charge is 2.16. The number of carbonyl (C=O) groups excluding carboxylic acids is 1. The average Bonchev–Trinajstić information content (AvgIpc) is 2.82. The molecule has 18 heavy (non-hydrogen) atoms. The first-order chi connectivity index (χ1) is 8.74. The molecular weight excluding hydrogens is 228 g/mol. The number of amides is 1. The number of anilines is 1. The molecule has 0 atom stereocenters. The van der Waals surface area contributed by atoms with E-state index in [0.29, 0.717) is 17.9 Å². The van der Waals surface area contributed by atoms with Gasteiger partial charge < -0.3 is 10.6 Å². The van der Waals surface area contributed by atoms with E-state index in [9.17, 15) is 4.79 Å². The van der Waals surface area contributed by atoms with Crippen LogP contribution in [-0.2, 0) is 17.6 Å². The minimum atomic E-state index is -0.0938. The molecule has 0 unspecified atom stereocenters. The number of nitriles is 1. The molecule has 0 fully saturated rings. The molecule has 94 valence electrons. The third-order valence-electron chi connectivity index (χ3n) is 2.96. The Kier molecular flexibility index (Phi) is 3.78. The van der Waals surface area contributed by atoms with Crippen LogP contribution >= 0.6 is 0 Å². The fourth-order valence-corrected chi connectivity index (χ4v) is 2.12. The predicted molar refractivity (Wildman–Crippen MR) is 68.2 cm³/mol. The number of nitrogens with zero attached hydrogens (tertiary/aromatic N) is 2. The molecule has 5 nitrogen and oxygen atoms in total. The molecule has 5 heteroatoms. The second-order valence-electron chi connectivity index (χ2n) is 4.26. The van der Waals surface area contributed by atoms with Crippen LogP contribution in [0.25, 0.3) is 0 Å². The molecule has 0 bridgehead atoms. The number of pyridine rings is 1. The molecule has 0 saturated heterocycles. The highest BCUT2D eigenvalue weighted by atomic mass is 16.1. The smallest absolute Gasteiger partial charge is 0.239 e. The van der Waals surface area contributed by atoms with Crippen molar-refractivity contribution in [3.8, 4) is 6.07 Å². The number of likely N-dealkylation sites (N-methyl/N-ethyl adjacent to an activating group) is 1. The first-order valence-corrected chi connectivity index (χ1v) is 6.18. The molecule has 0 radical (unpaired) electrons. The number of hydrogen-bond acceptors (Lipinski definition) is 4. The van der Waals surface area contributed by atoms with E-state index in [-0.39, 0.29) is 12.5 Å². The zero-order valence-corrected chi connectivity index (χ0v) is 10.4. The van der Waals surface area contributed by atoms with E-state index in [1.165, 1.54) is 0 Å². The normalized spacial score (nSPS) is 12.7. The largest absolute Gasteiger partial charge is 0.360 e. The van der Waals surface area contributed by atoms with Gasteiger partial charge in [-0.05, 0) is 37.8 Å². The number of aryl methyl sites for hydroxylation is 2. The van der Waals surface area contributed by atoms with Crippen molar-refractivity contribution in [2.45, 2.75) is 26.2 Å². The minimum Gasteiger partial charge on any atom is -0.360 e. The molecule has 1 aliphatic carbocycles. The van der Waals surface area contributed by atoms with E-state index in [4.69, 9.17) is 5.26 Å². The molecule has 1 amide bonds. The van der Waals surface area contributed by atoms with Gasteiger partial charge >= 0.3 is 0 Å². The molecule has 2 rings (SSSR count). The molecule has 1 aromatic heterocycles. The topological polar surface area (TPSA) is 77.8 Å². The highest BCUT2D eigenvalue weighted by molar-refractivity contribution is 5.80. The van der Waals surface area contributed by atoms with E-state index in [1.807, 2.05) is 13.0 Å². The molecule has 1 aliphatic rings. The van der Waals surface area contributed by atoms with Gasteiger partial charge in [0.15, 0.2) is 0 Å². The van der Waals surface area contributed by atoms with Gasteiger partial charge in [-0.1, -0.05) is 0 Å². The molecule has 2 N–H and O–H groups in total. The number of hydrogen-bond donors (Lipinski definition) is 2. The van der Waals surface area contributed by atoms with E-state index < -0.39 is 0 Å². The van der Waals surface area contributed by atoms with Crippen molar-refractivity contribution in [3.63, 3.8) is 0 Å². The van der Waals surface area contributed by atoms with Crippen LogP contribution in [0.4, 0.5) is 5.82 Å². The van der Waals surface area contributed by atoms with Crippen LogP contribution in [0.1, 0.15) is 30.2 Å². The average molecular weight is 244 g/mol. The lowest BCUT2D eigenvalue weighted by atomic mass is 10.1. The van der Waals surface area contributed by atoms with E-state index >= 15 is 0 Å². The highest BCUT2D eigenvalue weighted by Crippen LogP contribution is 2.24. The predicted octanol–water partition coefficient (Wildman–Crippen LogP) is 0.990. The maximum Gasteiger partial charge on any atom is 0.239 e. The van der Waals surface area contributed by atoms with Gasteiger partial charge in [0.25, 0.3) is 0 Å². The van der Waals surface area contributed by atoms with E-state index in [2.05, 4.69) is 21.7 Å². The Labute approximate surface area is 106 Å². The summed E-state index contributed by atoms with van der Waals surface area (Å²) in [6.45, 7) is 2.61. The SMILES string of the molecule is CCNC(=O)CNc1nc2c(cc1C#N)CCC2. The maximum absolute atomic E-state index is 11.4. The van der Waals surface area contributed by atoms with Gasteiger partial charge in [0, 0.05) is 12.2 Å². The van der Waals surface area contributed by atoms with Crippen molar-refractivity contribution in [1.82, 2.24) is 10.3 Å². The standard InChI is InChI=1S/C13H16N4O/c1-2-15-12(18)8-16-13-10(7-14)6-9-4-3-5-11(9)17-13/h6H,2-5,8H2,1H3,(H,15,18)(H,16,17). The summed E-state index contributed by atoms with van der Waals surface area (Å²) in [5.41, 5.74) is 2.72. The number of nitrogens with one attached hydrogen (secondary N) is 2. The van der Waals surface area contributed by atoms with E-state index in [0.717, 1.165) is 30.5 Å². The van der Waals surface area contributed by atoms with Crippen molar-refractivity contribution in [2.75, 3.05) is 18.4 Å². The number of rotatable bonds is 4. The van der Waals surface area contributed by atoms with Gasteiger partial charge in [-0.25, -0.2) is 4.98 Å². The summed E-state index contributed by atoms with van der Waals surface area (Å²) in [5.74, 6) is 0.424. The Morgan fingerprint density at radius 3 is 3.11 bits per heavy atom. The molecular formula is C13H16N4O. The summed E-state index contributed by atoms with van der Waals surface area (Å²) in [5, 5.41) is 14.7. The Balaban J connectivity index is 2.12. The van der Waals surface area contributed by atoms with Crippen LogP contribution in [-0.4, -0.2) is 24.0 Å². The molecule has 1 heterocycles. The lowest BCUT2D eigenvalue weighted by Gasteiger charge is -2.09. The number of carbonyl (C=O) groups is 1. The van der Waals surface area contributed by atoms with Gasteiger partial charge in [0.1, 0.15) is 11.9 Å². The van der Waals surface area contributed by atoms with Gasteiger partial charge in [-0.2, -0.15) is 5.26 Å². The van der Waals surface area contributed by atoms with Crippen LogP contribution < -0.4 is 10.6 Å². The van der Waals surface area contributed by atoms with Gasteiger partial charge in [-0.15, -0.1) is 0 Å². The van der Waals surface area contributed by atoms with Crippen LogP contribution in [0.3, 0.4) is 0 Å². The second kappa shape index (κ2) is 5.50. The molecule has 1 aromatic rings. The Bertz CT molecular complexity index is 504. The third kappa shape index (κ3) is 2.59. The monoisotopic (exact) mass is 244 g/mol. The van der Waals surface area contributed by atoms with Crippen molar-refractivity contribution in [3.05, 3.63) is 22.9 Å². The molecule has 0 saturated carbocycles. The molecule has 0 aromatic carbocycles. The first-order valence-electron chi connectivity index (χ1n) is 6.18. The molecule has 0 aliphatic heterocycles. The Morgan fingerprint density at radius 1 is 1.56 bits per heavy atom.